The van der Waals surface area contributed by atoms with Gasteiger partial charge >= 0.3 is 0 Å². The topological polar surface area (TPSA) is 22.8 Å². The molecule has 1 aromatic rings. The Bertz CT molecular complexity index is 460. The van der Waals surface area contributed by atoms with Crippen LogP contribution in [0.3, 0.4) is 0 Å². The lowest BCUT2D eigenvalue weighted by atomic mass is 9.89. The molecule has 3 heteroatoms. The highest BCUT2D eigenvalue weighted by Gasteiger charge is 2.47. The average Bonchev–Trinajstić information content (AvgIpc) is 2.99. The van der Waals surface area contributed by atoms with Crippen molar-refractivity contribution in [2.24, 2.45) is 0 Å². The van der Waals surface area contributed by atoms with Crippen molar-refractivity contribution in [2.45, 2.75) is 31.1 Å². The van der Waals surface area contributed by atoms with Crippen LogP contribution in [0.15, 0.2) is 24.3 Å². The zero-order valence-electron chi connectivity index (χ0n) is 9.69. The Morgan fingerprint density at radius 3 is 2.82 bits per heavy atom. The van der Waals surface area contributed by atoms with Crippen LogP contribution >= 0.6 is 0 Å². The SMILES string of the molecule is [C-]#[N+]C1(CC2OCCO2)CCc2ccccc21. The number of rotatable bonds is 2. The summed E-state index contributed by atoms with van der Waals surface area (Å²) >= 11 is 0. The second-order valence-electron chi connectivity index (χ2n) is 4.68. The Morgan fingerprint density at radius 2 is 2.06 bits per heavy atom. The molecule has 1 heterocycles. The van der Waals surface area contributed by atoms with Crippen LogP contribution in [-0.2, 0) is 21.4 Å². The van der Waals surface area contributed by atoms with Gasteiger partial charge in [-0.25, -0.2) is 6.57 Å². The largest absolute Gasteiger partial charge is 0.350 e. The number of aryl methyl sites for hydroxylation is 1. The van der Waals surface area contributed by atoms with Gasteiger partial charge in [0.15, 0.2) is 6.29 Å². The highest BCUT2D eigenvalue weighted by Crippen LogP contribution is 2.44. The molecule has 3 rings (SSSR count). The van der Waals surface area contributed by atoms with Crippen molar-refractivity contribution in [2.75, 3.05) is 13.2 Å². The molecular formula is C14H15NO2. The predicted molar refractivity (Wildman–Crippen MR) is 63.4 cm³/mol. The summed E-state index contributed by atoms with van der Waals surface area (Å²) < 4.78 is 11.0. The highest BCUT2D eigenvalue weighted by molar-refractivity contribution is 5.41. The third kappa shape index (κ3) is 1.74. The summed E-state index contributed by atoms with van der Waals surface area (Å²) in [6.45, 7) is 8.86. The molecule has 0 saturated carbocycles. The molecule has 2 aliphatic rings. The van der Waals surface area contributed by atoms with Gasteiger partial charge in [0.25, 0.3) is 5.54 Å². The summed E-state index contributed by atoms with van der Waals surface area (Å²) in [5.74, 6) is 0. The van der Waals surface area contributed by atoms with E-state index in [1.165, 1.54) is 11.1 Å². The van der Waals surface area contributed by atoms with Gasteiger partial charge in [0.05, 0.1) is 19.6 Å². The second-order valence-corrected chi connectivity index (χ2v) is 4.68. The van der Waals surface area contributed by atoms with E-state index in [4.69, 9.17) is 16.0 Å². The van der Waals surface area contributed by atoms with Crippen LogP contribution in [0, 0.1) is 6.57 Å². The summed E-state index contributed by atoms with van der Waals surface area (Å²) in [6, 6.07) is 8.26. The van der Waals surface area contributed by atoms with Crippen molar-refractivity contribution in [3.05, 3.63) is 46.8 Å². The quantitative estimate of drug-likeness (QED) is 0.727. The van der Waals surface area contributed by atoms with Gasteiger partial charge in [-0.05, 0) is 12.0 Å². The molecule has 0 spiro atoms. The zero-order valence-corrected chi connectivity index (χ0v) is 9.69. The Kier molecular flexibility index (Phi) is 2.62. The van der Waals surface area contributed by atoms with Gasteiger partial charge in [0, 0.05) is 12.0 Å². The zero-order chi connectivity index (χ0) is 11.7. The van der Waals surface area contributed by atoms with E-state index in [1.54, 1.807) is 0 Å². The van der Waals surface area contributed by atoms with Crippen molar-refractivity contribution in [1.82, 2.24) is 0 Å². The first-order valence-electron chi connectivity index (χ1n) is 6.04. The van der Waals surface area contributed by atoms with E-state index < -0.39 is 5.54 Å². The molecule has 1 fully saturated rings. The van der Waals surface area contributed by atoms with Crippen LogP contribution in [-0.4, -0.2) is 19.5 Å². The minimum Gasteiger partial charge on any atom is -0.350 e. The molecule has 0 N–H and O–H groups in total. The molecule has 0 aromatic heterocycles. The third-order valence-electron chi connectivity index (χ3n) is 3.74. The van der Waals surface area contributed by atoms with Crippen molar-refractivity contribution < 1.29 is 9.47 Å². The van der Waals surface area contributed by atoms with Crippen molar-refractivity contribution in [3.63, 3.8) is 0 Å². The molecule has 1 aliphatic carbocycles. The lowest BCUT2D eigenvalue weighted by molar-refractivity contribution is -0.0573. The smallest absolute Gasteiger partial charge is 0.263 e. The van der Waals surface area contributed by atoms with Crippen LogP contribution in [0.25, 0.3) is 4.85 Å². The molecular weight excluding hydrogens is 214 g/mol. The number of nitrogens with zero attached hydrogens (tertiary/aromatic N) is 1. The Morgan fingerprint density at radius 1 is 1.29 bits per heavy atom. The summed E-state index contributed by atoms with van der Waals surface area (Å²) in [4.78, 5) is 3.91. The molecule has 0 radical (unpaired) electrons. The molecule has 1 aromatic carbocycles. The summed E-state index contributed by atoms with van der Waals surface area (Å²) in [7, 11) is 0. The molecule has 1 unspecified atom stereocenters. The van der Waals surface area contributed by atoms with Crippen LogP contribution in [0.5, 0.6) is 0 Å². The van der Waals surface area contributed by atoms with Crippen LogP contribution in [0.4, 0.5) is 0 Å². The molecule has 1 saturated heterocycles. The maximum absolute atomic E-state index is 7.56. The second kappa shape index (κ2) is 4.14. The molecule has 88 valence electrons. The standard InChI is InChI=1S/C14H15NO2/c1-15-14(10-13-16-8-9-17-13)7-6-11-4-2-3-5-12(11)14/h2-5,13H,6-10H2. The van der Waals surface area contributed by atoms with E-state index in [0.29, 0.717) is 19.6 Å². The van der Waals surface area contributed by atoms with Gasteiger partial charge in [-0.1, -0.05) is 24.3 Å². The lowest BCUT2D eigenvalue weighted by Gasteiger charge is -2.20. The van der Waals surface area contributed by atoms with E-state index in [1.807, 2.05) is 12.1 Å². The number of hydrogen-bond acceptors (Lipinski definition) is 2. The van der Waals surface area contributed by atoms with Crippen LogP contribution in [0.2, 0.25) is 0 Å². The molecule has 0 bridgehead atoms. The Hall–Kier alpha value is -1.37. The van der Waals surface area contributed by atoms with Crippen molar-refractivity contribution in [1.29, 1.82) is 0 Å². The number of ether oxygens (including phenoxy) is 2. The number of benzene rings is 1. The molecule has 0 amide bonds. The first kappa shape index (κ1) is 10.8. The van der Waals surface area contributed by atoms with Gasteiger partial charge < -0.3 is 14.3 Å². The Balaban J connectivity index is 1.91. The number of hydrogen-bond donors (Lipinski definition) is 0. The van der Waals surface area contributed by atoms with Gasteiger partial charge in [0.2, 0.25) is 0 Å². The summed E-state index contributed by atoms with van der Waals surface area (Å²) in [5.41, 5.74) is 2.06. The van der Waals surface area contributed by atoms with Gasteiger partial charge in [-0.3, -0.25) is 0 Å². The number of fused-ring (bicyclic) bond motifs is 1. The summed E-state index contributed by atoms with van der Waals surface area (Å²) in [6.07, 6.45) is 2.34. The fraction of sp³-hybridized carbons (Fsp3) is 0.500. The van der Waals surface area contributed by atoms with E-state index in [2.05, 4.69) is 17.0 Å². The van der Waals surface area contributed by atoms with Crippen LogP contribution in [0.1, 0.15) is 24.0 Å². The molecule has 17 heavy (non-hydrogen) atoms. The predicted octanol–water partition coefficient (Wildman–Crippen LogP) is 2.51. The first-order valence-corrected chi connectivity index (χ1v) is 6.04. The molecule has 3 nitrogen and oxygen atoms in total. The minimum absolute atomic E-state index is 0.199. The van der Waals surface area contributed by atoms with Crippen molar-refractivity contribution in [3.8, 4) is 0 Å². The third-order valence-corrected chi connectivity index (χ3v) is 3.74. The first-order chi connectivity index (χ1) is 8.34. The normalized spacial score (nSPS) is 27.9. The van der Waals surface area contributed by atoms with Gasteiger partial charge in [0.1, 0.15) is 0 Å². The minimum atomic E-state index is -0.425. The average molecular weight is 229 g/mol. The van der Waals surface area contributed by atoms with E-state index >= 15 is 0 Å². The van der Waals surface area contributed by atoms with E-state index in [0.717, 1.165) is 12.8 Å². The van der Waals surface area contributed by atoms with E-state index in [9.17, 15) is 0 Å². The highest BCUT2D eigenvalue weighted by atomic mass is 16.7. The fourth-order valence-corrected chi connectivity index (χ4v) is 2.84. The van der Waals surface area contributed by atoms with E-state index in [-0.39, 0.29) is 6.29 Å². The lowest BCUT2D eigenvalue weighted by Crippen LogP contribution is -2.26. The molecule has 1 atom stereocenters. The maximum atomic E-state index is 7.56. The van der Waals surface area contributed by atoms with Gasteiger partial charge in [-0.15, -0.1) is 0 Å². The van der Waals surface area contributed by atoms with Crippen LogP contribution < -0.4 is 0 Å². The monoisotopic (exact) mass is 229 g/mol. The fourth-order valence-electron chi connectivity index (χ4n) is 2.84. The Labute approximate surface area is 101 Å². The summed E-state index contributed by atoms with van der Waals surface area (Å²) in [5, 5.41) is 0. The van der Waals surface area contributed by atoms with Crippen molar-refractivity contribution >= 4 is 0 Å². The maximum Gasteiger partial charge on any atom is 0.263 e. The molecule has 1 aliphatic heterocycles. The van der Waals surface area contributed by atoms with Gasteiger partial charge in [-0.2, -0.15) is 0 Å².